The van der Waals surface area contributed by atoms with E-state index in [0.29, 0.717) is 11.3 Å². The number of aromatic nitrogens is 1. The maximum Gasteiger partial charge on any atom is 0.128 e. The predicted octanol–water partition coefficient (Wildman–Crippen LogP) is 4.46. The molecule has 1 unspecified atom stereocenters. The second-order valence-electron chi connectivity index (χ2n) is 6.48. The van der Waals surface area contributed by atoms with Gasteiger partial charge in [-0.15, -0.1) is 23.1 Å². The van der Waals surface area contributed by atoms with E-state index in [1.165, 1.54) is 34.6 Å². The lowest BCUT2D eigenvalue weighted by Crippen LogP contribution is -2.26. The van der Waals surface area contributed by atoms with Crippen LogP contribution in [-0.2, 0) is 6.54 Å². The van der Waals surface area contributed by atoms with Crippen LogP contribution in [0.2, 0.25) is 0 Å². The van der Waals surface area contributed by atoms with E-state index in [2.05, 4.69) is 45.7 Å². The average Bonchev–Trinajstić information content (AvgIpc) is 3.24. The Morgan fingerprint density at radius 3 is 2.91 bits per heavy atom. The van der Waals surface area contributed by atoms with Crippen molar-refractivity contribution in [1.29, 1.82) is 0 Å². The molecule has 2 atom stereocenters. The van der Waals surface area contributed by atoms with Crippen molar-refractivity contribution in [2.75, 3.05) is 18.0 Å². The van der Waals surface area contributed by atoms with Gasteiger partial charge in [0.1, 0.15) is 5.82 Å². The molecule has 4 rings (SSSR count). The van der Waals surface area contributed by atoms with Gasteiger partial charge in [-0.1, -0.05) is 13.0 Å². The Morgan fingerprint density at radius 1 is 1.26 bits per heavy atom. The third kappa shape index (κ3) is 3.42. The van der Waals surface area contributed by atoms with Crippen LogP contribution in [0.3, 0.4) is 0 Å². The van der Waals surface area contributed by atoms with Crippen LogP contribution in [-0.4, -0.2) is 23.3 Å². The zero-order valence-electron chi connectivity index (χ0n) is 13.5. The second-order valence-corrected chi connectivity index (χ2v) is 9.10. The summed E-state index contributed by atoms with van der Waals surface area (Å²) in [5.74, 6) is 1.13. The van der Waals surface area contributed by atoms with Crippen molar-refractivity contribution in [2.24, 2.45) is 0 Å². The summed E-state index contributed by atoms with van der Waals surface area (Å²) in [6.45, 7) is 5.53. The topological polar surface area (TPSA) is 28.2 Å². The summed E-state index contributed by atoms with van der Waals surface area (Å²) in [6.07, 6.45) is 5.83. The van der Waals surface area contributed by atoms with Crippen LogP contribution >= 0.6 is 23.1 Å². The van der Waals surface area contributed by atoms with Gasteiger partial charge in [-0.25, -0.2) is 4.98 Å². The van der Waals surface area contributed by atoms with E-state index in [0.717, 1.165) is 25.5 Å². The molecular formula is C18H23N3S2. The minimum absolute atomic E-state index is 0.478. The largest absolute Gasteiger partial charge is 0.357 e. The number of anilines is 1. The number of hydrogen-bond acceptors (Lipinski definition) is 5. The first-order valence-electron chi connectivity index (χ1n) is 8.47. The SMILES string of the molecule is C[C@H]1CC(NCc2ccc(N3CCCC3)nc2)c2ccsc2S1. The molecule has 0 radical (unpaired) electrons. The first-order valence-corrected chi connectivity index (χ1v) is 10.2. The van der Waals surface area contributed by atoms with E-state index in [9.17, 15) is 0 Å². The monoisotopic (exact) mass is 345 g/mol. The molecule has 1 N–H and O–H groups in total. The highest BCUT2D eigenvalue weighted by atomic mass is 32.2. The van der Waals surface area contributed by atoms with Crippen molar-refractivity contribution in [1.82, 2.24) is 10.3 Å². The van der Waals surface area contributed by atoms with Gasteiger partial charge in [0.05, 0.1) is 4.21 Å². The van der Waals surface area contributed by atoms with Crippen molar-refractivity contribution in [2.45, 2.75) is 48.2 Å². The highest BCUT2D eigenvalue weighted by Crippen LogP contribution is 2.43. The van der Waals surface area contributed by atoms with Crippen LogP contribution in [0.25, 0.3) is 0 Å². The van der Waals surface area contributed by atoms with Crippen LogP contribution in [0.4, 0.5) is 5.82 Å². The minimum Gasteiger partial charge on any atom is -0.357 e. The molecular weight excluding hydrogens is 322 g/mol. The molecule has 4 heterocycles. The molecule has 2 aliphatic rings. The van der Waals surface area contributed by atoms with Gasteiger partial charge in [-0.05, 0) is 47.9 Å². The highest BCUT2D eigenvalue weighted by molar-refractivity contribution is 8.01. The number of nitrogens with one attached hydrogen (secondary N) is 1. The lowest BCUT2D eigenvalue weighted by Gasteiger charge is -2.27. The van der Waals surface area contributed by atoms with Crippen molar-refractivity contribution in [3.8, 4) is 0 Å². The van der Waals surface area contributed by atoms with Crippen LogP contribution < -0.4 is 10.2 Å². The molecule has 1 saturated heterocycles. The lowest BCUT2D eigenvalue weighted by molar-refractivity contribution is 0.488. The van der Waals surface area contributed by atoms with Crippen molar-refractivity contribution < 1.29 is 0 Å². The third-order valence-corrected chi connectivity index (χ3v) is 7.05. The summed E-state index contributed by atoms with van der Waals surface area (Å²) in [7, 11) is 0. The first-order chi connectivity index (χ1) is 11.3. The number of nitrogens with zero attached hydrogens (tertiary/aromatic N) is 2. The fourth-order valence-electron chi connectivity index (χ4n) is 3.44. The number of thioether (sulfide) groups is 1. The van der Waals surface area contributed by atoms with E-state index < -0.39 is 0 Å². The van der Waals surface area contributed by atoms with E-state index in [1.807, 2.05) is 29.3 Å². The molecule has 0 aromatic carbocycles. The van der Waals surface area contributed by atoms with Gasteiger partial charge in [0.2, 0.25) is 0 Å². The molecule has 23 heavy (non-hydrogen) atoms. The molecule has 0 amide bonds. The van der Waals surface area contributed by atoms with Crippen LogP contribution in [0, 0.1) is 0 Å². The normalized spacial score (nSPS) is 24.0. The van der Waals surface area contributed by atoms with Crippen LogP contribution in [0.5, 0.6) is 0 Å². The predicted molar refractivity (Wildman–Crippen MR) is 99.5 cm³/mol. The van der Waals surface area contributed by atoms with Gasteiger partial charge < -0.3 is 10.2 Å². The van der Waals surface area contributed by atoms with E-state index in [1.54, 1.807) is 0 Å². The molecule has 1 fully saturated rings. The summed E-state index contributed by atoms with van der Waals surface area (Å²) < 4.78 is 1.49. The number of pyridine rings is 1. The lowest BCUT2D eigenvalue weighted by atomic mass is 10.0. The summed E-state index contributed by atoms with van der Waals surface area (Å²) >= 11 is 3.90. The Labute approximate surface area is 146 Å². The average molecular weight is 346 g/mol. The van der Waals surface area contributed by atoms with Crippen molar-refractivity contribution in [3.05, 3.63) is 40.9 Å². The molecule has 0 aliphatic carbocycles. The molecule has 2 aliphatic heterocycles. The quantitative estimate of drug-likeness (QED) is 0.885. The highest BCUT2D eigenvalue weighted by Gasteiger charge is 2.25. The molecule has 0 spiro atoms. The number of fused-ring (bicyclic) bond motifs is 1. The zero-order chi connectivity index (χ0) is 15.6. The molecule has 2 aromatic rings. The van der Waals surface area contributed by atoms with Gasteiger partial charge in [0, 0.05) is 37.1 Å². The second kappa shape index (κ2) is 6.83. The molecule has 3 nitrogen and oxygen atoms in total. The van der Waals surface area contributed by atoms with Gasteiger partial charge in [0.15, 0.2) is 0 Å². The van der Waals surface area contributed by atoms with Crippen LogP contribution in [0.1, 0.15) is 43.4 Å². The number of rotatable bonds is 4. The smallest absolute Gasteiger partial charge is 0.128 e. The molecule has 0 bridgehead atoms. The molecule has 0 saturated carbocycles. The Balaban J connectivity index is 1.39. The van der Waals surface area contributed by atoms with Gasteiger partial charge in [0.25, 0.3) is 0 Å². The zero-order valence-corrected chi connectivity index (χ0v) is 15.1. The number of hydrogen-bond donors (Lipinski definition) is 1. The maximum atomic E-state index is 4.66. The van der Waals surface area contributed by atoms with E-state index >= 15 is 0 Å². The van der Waals surface area contributed by atoms with E-state index in [-0.39, 0.29) is 0 Å². The molecule has 122 valence electrons. The Bertz CT molecular complexity index is 647. The summed E-state index contributed by atoms with van der Waals surface area (Å²) in [4.78, 5) is 7.04. The van der Waals surface area contributed by atoms with E-state index in [4.69, 9.17) is 0 Å². The van der Waals surface area contributed by atoms with Crippen molar-refractivity contribution >= 4 is 28.9 Å². The Kier molecular flexibility index (Phi) is 4.60. The summed E-state index contributed by atoms with van der Waals surface area (Å²) in [6, 6.07) is 7.16. The summed E-state index contributed by atoms with van der Waals surface area (Å²) in [5, 5.41) is 6.65. The Hall–Kier alpha value is -1.04. The first kappa shape index (κ1) is 15.5. The van der Waals surface area contributed by atoms with Crippen molar-refractivity contribution in [3.63, 3.8) is 0 Å². The van der Waals surface area contributed by atoms with Crippen LogP contribution in [0.15, 0.2) is 34.0 Å². The van der Waals surface area contributed by atoms with Gasteiger partial charge in [-0.2, -0.15) is 0 Å². The Morgan fingerprint density at radius 2 is 2.13 bits per heavy atom. The number of thiophene rings is 1. The fraction of sp³-hybridized carbons (Fsp3) is 0.500. The summed E-state index contributed by atoms with van der Waals surface area (Å²) in [5.41, 5.74) is 2.76. The maximum absolute atomic E-state index is 4.66. The standard InChI is InChI=1S/C18H23N3S2/c1-13-10-16(15-6-9-22-18(15)23-13)19-11-14-4-5-17(20-12-14)21-7-2-3-8-21/h4-6,9,12-13,16,19H,2-3,7-8,10-11H2,1H3/t13-,16?/m0/s1. The molecule has 5 heteroatoms. The van der Waals surface area contributed by atoms with Gasteiger partial charge in [-0.3, -0.25) is 0 Å². The third-order valence-electron chi connectivity index (χ3n) is 4.70. The van der Waals surface area contributed by atoms with Gasteiger partial charge >= 0.3 is 0 Å². The molecule has 2 aromatic heterocycles. The minimum atomic E-state index is 0.478. The fourth-order valence-corrected chi connectivity index (χ4v) is 6.00.